The van der Waals surface area contributed by atoms with Gasteiger partial charge in [0, 0.05) is 6.42 Å². The van der Waals surface area contributed by atoms with Crippen molar-refractivity contribution in [1.82, 2.24) is 20.6 Å². The highest BCUT2D eigenvalue weighted by molar-refractivity contribution is 5.20. The van der Waals surface area contributed by atoms with Crippen molar-refractivity contribution in [3.63, 3.8) is 0 Å². The van der Waals surface area contributed by atoms with Crippen LogP contribution in [0.25, 0.3) is 0 Å². The zero-order chi connectivity index (χ0) is 9.10. The van der Waals surface area contributed by atoms with E-state index in [1.807, 2.05) is 0 Å². The molecule has 0 radical (unpaired) electrons. The Labute approximate surface area is 73.8 Å². The second kappa shape index (κ2) is 3.30. The number of nitrogens with one attached hydrogen (secondary N) is 1. The Bertz CT molecular complexity index is 385. The molecule has 5 heteroatoms. The summed E-state index contributed by atoms with van der Waals surface area (Å²) in [5.74, 6) is 0.248. The van der Waals surface area contributed by atoms with Crippen molar-refractivity contribution in [2.75, 3.05) is 0 Å². The predicted molar refractivity (Wildman–Crippen MR) is 43.4 cm³/mol. The maximum Gasteiger partial charge on any atom is 0.179 e. The number of hydrogen-bond donors (Lipinski definition) is 1. The van der Waals surface area contributed by atoms with Gasteiger partial charge in [-0.25, -0.2) is 4.39 Å². The van der Waals surface area contributed by atoms with Crippen LogP contribution >= 0.6 is 0 Å². The van der Waals surface area contributed by atoms with Crippen LogP contribution < -0.4 is 0 Å². The summed E-state index contributed by atoms with van der Waals surface area (Å²) >= 11 is 0. The molecule has 2 rings (SSSR count). The Balaban J connectivity index is 2.24. The number of H-pyrrole nitrogens is 1. The standard InChI is InChI=1S/C8H7FN4/c9-7-4-2-1-3-6(7)5-8-10-12-13-11-8/h1-4H,5H2,(H,10,11,12,13). The van der Waals surface area contributed by atoms with Gasteiger partial charge in [-0.15, -0.1) is 10.2 Å². The molecule has 0 spiro atoms. The van der Waals surface area contributed by atoms with Crippen LogP contribution in [0.2, 0.25) is 0 Å². The summed E-state index contributed by atoms with van der Waals surface area (Å²) in [6, 6.07) is 6.54. The van der Waals surface area contributed by atoms with Gasteiger partial charge in [-0.05, 0) is 11.6 Å². The molecular formula is C8H7FN4. The summed E-state index contributed by atoms with van der Waals surface area (Å²) in [4.78, 5) is 0. The summed E-state index contributed by atoms with van der Waals surface area (Å²) in [6.45, 7) is 0. The fourth-order valence-electron chi connectivity index (χ4n) is 1.07. The Morgan fingerprint density at radius 2 is 2.15 bits per heavy atom. The number of benzene rings is 1. The Morgan fingerprint density at radius 3 is 2.85 bits per heavy atom. The number of nitrogens with zero attached hydrogens (tertiary/aromatic N) is 3. The van der Waals surface area contributed by atoms with E-state index in [1.165, 1.54) is 6.07 Å². The molecular weight excluding hydrogens is 171 g/mol. The van der Waals surface area contributed by atoms with Gasteiger partial charge in [0.25, 0.3) is 0 Å². The highest BCUT2D eigenvalue weighted by Crippen LogP contribution is 2.08. The van der Waals surface area contributed by atoms with Crippen LogP contribution in [-0.2, 0) is 6.42 Å². The smallest absolute Gasteiger partial charge is 0.179 e. The van der Waals surface area contributed by atoms with Crippen molar-refractivity contribution in [2.24, 2.45) is 0 Å². The third kappa shape index (κ3) is 1.69. The molecule has 0 atom stereocenters. The van der Waals surface area contributed by atoms with Crippen LogP contribution in [0, 0.1) is 5.82 Å². The lowest BCUT2D eigenvalue weighted by molar-refractivity contribution is 0.612. The summed E-state index contributed by atoms with van der Waals surface area (Å²) in [6.07, 6.45) is 0.364. The molecule has 1 N–H and O–H groups in total. The largest absolute Gasteiger partial charge is 0.207 e. The summed E-state index contributed by atoms with van der Waals surface area (Å²) < 4.78 is 13.1. The Kier molecular flexibility index (Phi) is 1.99. The molecule has 1 heterocycles. The zero-order valence-corrected chi connectivity index (χ0v) is 6.74. The summed E-state index contributed by atoms with van der Waals surface area (Å²) in [5.41, 5.74) is 0.573. The molecule has 0 saturated heterocycles. The maximum absolute atomic E-state index is 13.1. The molecule has 0 unspecified atom stereocenters. The van der Waals surface area contributed by atoms with Crippen LogP contribution in [0.1, 0.15) is 11.4 Å². The fraction of sp³-hybridized carbons (Fsp3) is 0.125. The van der Waals surface area contributed by atoms with Gasteiger partial charge >= 0.3 is 0 Å². The van der Waals surface area contributed by atoms with Gasteiger partial charge in [0.1, 0.15) is 5.82 Å². The molecule has 4 nitrogen and oxygen atoms in total. The molecule has 0 saturated carbocycles. The van der Waals surface area contributed by atoms with E-state index in [4.69, 9.17) is 0 Å². The number of aromatic amines is 1. The zero-order valence-electron chi connectivity index (χ0n) is 6.74. The predicted octanol–water partition coefficient (Wildman–Crippen LogP) is 0.930. The molecule has 0 fully saturated rings. The van der Waals surface area contributed by atoms with E-state index < -0.39 is 0 Å². The lowest BCUT2D eigenvalue weighted by atomic mass is 10.1. The second-order valence-corrected chi connectivity index (χ2v) is 2.60. The van der Waals surface area contributed by atoms with Crippen LogP contribution in [0.3, 0.4) is 0 Å². The third-order valence-electron chi connectivity index (χ3n) is 1.70. The first kappa shape index (κ1) is 7.85. The molecule has 1 aromatic heterocycles. The van der Waals surface area contributed by atoms with Gasteiger partial charge in [0.05, 0.1) is 0 Å². The number of hydrogen-bond acceptors (Lipinski definition) is 3. The minimum absolute atomic E-state index is 0.243. The number of aromatic nitrogens is 4. The topological polar surface area (TPSA) is 54.5 Å². The van der Waals surface area contributed by atoms with Crippen LogP contribution in [0.5, 0.6) is 0 Å². The van der Waals surface area contributed by atoms with E-state index in [1.54, 1.807) is 18.2 Å². The first-order valence-electron chi connectivity index (χ1n) is 3.82. The molecule has 66 valence electrons. The minimum atomic E-state index is -0.243. The van der Waals surface area contributed by atoms with Crippen molar-refractivity contribution in [2.45, 2.75) is 6.42 Å². The normalized spacial score (nSPS) is 10.2. The number of tetrazole rings is 1. The highest BCUT2D eigenvalue weighted by Gasteiger charge is 2.04. The maximum atomic E-state index is 13.1. The first-order valence-corrected chi connectivity index (χ1v) is 3.82. The van der Waals surface area contributed by atoms with Crippen molar-refractivity contribution in [3.8, 4) is 0 Å². The Hall–Kier alpha value is -1.78. The van der Waals surface area contributed by atoms with Crippen LogP contribution in [0.15, 0.2) is 24.3 Å². The van der Waals surface area contributed by atoms with Crippen LogP contribution in [0.4, 0.5) is 4.39 Å². The van der Waals surface area contributed by atoms with Gasteiger partial charge in [0.15, 0.2) is 5.82 Å². The van der Waals surface area contributed by atoms with Gasteiger partial charge < -0.3 is 0 Å². The quantitative estimate of drug-likeness (QED) is 0.744. The monoisotopic (exact) mass is 178 g/mol. The van der Waals surface area contributed by atoms with Gasteiger partial charge in [0.2, 0.25) is 0 Å². The highest BCUT2D eigenvalue weighted by atomic mass is 19.1. The lowest BCUT2D eigenvalue weighted by Crippen LogP contribution is -1.94. The average molecular weight is 178 g/mol. The lowest BCUT2D eigenvalue weighted by Gasteiger charge is -1.97. The average Bonchev–Trinajstić information content (AvgIpc) is 2.61. The fourth-order valence-corrected chi connectivity index (χ4v) is 1.07. The molecule has 2 aromatic rings. The molecule has 0 bridgehead atoms. The van der Waals surface area contributed by atoms with E-state index in [0.717, 1.165) is 0 Å². The number of rotatable bonds is 2. The first-order chi connectivity index (χ1) is 6.36. The SMILES string of the molecule is Fc1ccccc1Cc1nn[nH]n1. The molecule has 0 amide bonds. The third-order valence-corrected chi connectivity index (χ3v) is 1.70. The minimum Gasteiger partial charge on any atom is -0.207 e. The summed E-state index contributed by atoms with van der Waals surface area (Å²) in [7, 11) is 0. The molecule has 1 aromatic carbocycles. The molecule has 0 aliphatic rings. The molecule has 13 heavy (non-hydrogen) atoms. The molecule has 0 aliphatic heterocycles. The van der Waals surface area contributed by atoms with Crippen molar-refractivity contribution in [3.05, 3.63) is 41.5 Å². The van der Waals surface area contributed by atoms with E-state index in [2.05, 4.69) is 20.6 Å². The second-order valence-electron chi connectivity index (χ2n) is 2.60. The van der Waals surface area contributed by atoms with E-state index in [-0.39, 0.29) is 5.82 Å². The van der Waals surface area contributed by atoms with Crippen molar-refractivity contribution < 1.29 is 4.39 Å². The van der Waals surface area contributed by atoms with Crippen molar-refractivity contribution >= 4 is 0 Å². The van der Waals surface area contributed by atoms with Gasteiger partial charge in [-0.2, -0.15) is 5.21 Å². The van der Waals surface area contributed by atoms with Crippen LogP contribution in [-0.4, -0.2) is 20.6 Å². The van der Waals surface area contributed by atoms with E-state index >= 15 is 0 Å². The van der Waals surface area contributed by atoms with Crippen molar-refractivity contribution in [1.29, 1.82) is 0 Å². The van der Waals surface area contributed by atoms with Gasteiger partial charge in [-0.1, -0.05) is 23.4 Å². The van der Waals surface area contributed by atoms with E-state index in [0.29, 0.717) is 17.8 Å². The summed E-state index contributed by atoms with van der Waals surface area (Å²) in [5, 5.41) is 13.2. The molecule has 0 aliphatic carbocycles. The van der Waals surface area contributed by atoms with Gasteiger partial charge in [-0.3, -0.25) is 0 Å². The Morgan fingerprint density at radius 1 is 1.31 bits per heavy atom. The number of halogens is 1. The van der Waals surface area contributed by atoms with E-state index in [9.17, 15) is 4.39 Å².